The third-order valence-corrected chi connectivity index (χ3v) is 5.67. The van der Waals surface area contributed by atoms with E-state index in [9.17, 15) is 0 Å². The van der Waals surface area contributed by atoms with Gasteiger partial charge in [-0.25, -0.2) is 0 Å². The predicted octanol–water partition coefficient (Wildman–Crippen LogP) is 3.15. The van der Waals surface area contributed by atoms with E-state index in [1.54, 1.807) is 5.56 Å². The molecule has 1 aromatic rings. The summed E-state index contributed by atoms with van der Waals surface area (Å²) in [6.07, 6.45) is 8.46. The van der Waals surface area contributed by atoms with Crippen LogP contribution in [0, 0.1) is 0 Å². The average molecular weight is 270 g/mol. The second-order valence-corrected chi connectivity index (χ2v) is 7.06. The zero-order chi connectivity index (χ0) is 13.4. The quantitative estimate of drug-likeness (QED) is 0.888. The maximum absolute atomic E-state index is 3.86. The van der Waals surface area contributed by atoms with Crippen LogP contribution >= 0.6 is 0 Å². The molecule has 2 saturated carbocycles. The fourth-order valence-electron chi connectivity index (χ4n) is 4.48. The van der Waals surface area contributed by atoms with Gasteiger partial charge in [0.1, 0.15) is 0 Å². The summed E-state index contributed by atoms with van der Waals surface area (Å²) in [6, 6.07) is 11.9. The largest absolute Gasteiger partial charge is 0.309 e. The lowest BCUT2D eigenvalue weighted by atomic mass is 9.80. The third kappa shape index (κ3) is 2.40. The summed E-state index contributed by atoms with van der Waals surface area (Å²) in [4.78, 5) is 2.79. The normalized spacial score (nSPS) is 33.2. The van der Waals surface area contributed by atoms with Crippen LogP contribution in [-0.2, 0) is 0 Å². The summed E-state index contributed by atoms with van der Waals surface area (Å²) in [5, 5.41) is 3.86. The topological polar surface area (TPSA) is 15.3 Å². The fourth-order valence-corrected chi connectivity index (χ4v) is 4.48. The summed E-state index contributed by atoms with van der Waals surface area (Å²) < 4.78 is 0. The maximum Gasteiger partial charge on any atom is 0.0309 e. The molecule has 3 fully saturated rings. The Hall–Kier alpha value is -0.860. The molecule has 108 valence electrons. The van der Waals surface area contributed by atoms with Crippen LogP contribution in [0.3, 0.4) is 0 Å². The van der Waals surface area contributed by atoms with Crippen molar-refractivity contribution in [3.05, 3.63) is 35.9 Å². The van der Waals surface area contributed by atoms with E-state index in [-0.39, 0.29) is 0 Å². The van der Waals surface area contributed by atoms with Gasteiger partial charge in [0.2, 0.25) is 0 Å². The van der Waals surface area contributed by atoms with Gasteiger partial charge in [-0.3, -0.25) is 4.90 Å². The molecule has 0 bridgehead atoms. The van der Waals surface area contributed by atoms with E-state index >= 15 is 0 Å². The molecule has 2 aliphatic carbocycles. The molecule has 0 amide bonds. The Morgan fingerprint density at radius 2 is 1.85 bits per heavy atom. The Morgan fingerprint density at radius 3 is 2.65 bits per heavy atom. The fraction of sp³-hybridized carbons (Fsp3) is 0.667. The SMILES string of the molecule is c1ccc(C2CC2N2CCNC3(CCCCC3)C2)cc1. The van der Waals surface area contributed by atoms with Crippen molar-refractivity contribution in [1.82, 2.24) is 10.2 Å². The van der Waals surface area contributed by atoms with Crippen LogP contribution in [0.5, 0.6) is 0 Å². The molecule has 0 radical (unpaired) electrons. The first-order chi connectivity index (χ1) is 9.86. The molecule has 20 heavy (non-hydrogen) atoms. The Kier molecular flexibility index (Phi) is 3.31. The summed E-state index contributed by atoms with van der Waals surface area (Å²) in [5.74, 6) is 0.801. The number of nitrogens with one attached hydrogen (secondary N) is 1. The van der Waals surface area contributed by atoms with Crippen LogP contribution in [-0.4, -0.2) is 36.1 Å². The Balaban J connectivity index is 1.42. The molecule has 2 atom stereocenters. The molecular formula is C18H26N2. The smallest absolute Gasteiger partial charge is 0.0309 e. The van der Waals surface area contributed by atoms with Crippen molar-refractivity contribution in [1.29, 1.82) is 0 Å². The first kappa shape index (κ1) is 12.8. The van der Waals surface area contributed by atoms with E-state index in [4.69, 9.17) is 0 Å². The van der Waals surface area contributed by atoms with E-state index in [1.807, 2.05) is 0 Å². The number of benzene rings is 1. The van der Waals surface area contributed by atoms with Crippen LogP contribution in [0.15, 0.2) is 30.3 Å². The predicted molar refractivity (Wildman–Crippen MR) is 83.0 cm³/mol. The van der Waals surface area contributed by atoms with Crippen molar-refractivity contribution in [3.63, 3.8) is 0 Å². The van der Waals surface area contributed by atoms with E-state index in [0.29, 0.717) is 5.54 Å². The number of piperazine rings is 1. The van der Waals surface area contributed by atoms with Gasteiger partial charge >= 0.3 is 0 Å². The van der Waals surface area contributed by atoms with Gasteiger partial charge in [0.05, 0.1) is 0 Å². The Labute approximate surface area is 122 Å². The standard InChI is InChI=1S/C18H26N2/c1-3-7-15(8-4-1)16-13-17(16)20-12-11-19-18(14-20)9-5-2-6-10-18/h1,3-4,7-8,16-17,19H,2,5-6,9-14H2. The number of nitrogens with zero attached hydrogens (tertiary/aromatic N) is 1. The second-order valence-electron chi connectivity index (χ2n) is 7.06. The first-order valence-electron chi connectivity index (χ1n) is 8.40. The zero-order valence-electron chi connectivity index (χ0n) is 12.4. The summed E-state index contributed by atoms with van der Waals surface area (Å²) >= 11 is 0. The van der Waals surface area contributed by atoms with Crippen molar-refractivity contribution < 1.29 is 0 Å². The molecule has 1 heterocycles. The van der Waals surface area contributed by atoms with Gasteiger partial charge < -0.3 is 5.32 Å². The highest BCUT2D eigenvalue weighted by Gasteiger charge is 2.46. The molecule has 2 unspecified atom stereocenters. The van der Waals surface area contributed by atoms with Crippen molar-refractivity contribution in [2.24, 2.45) is 0 Å². The van der Waals surface area contributed by atoms with Crippen molar-refractivity contribution in [2.45, 2.75) is 56.0 Å². The zero-order valence-corrected chi connectivity index (χ0v) is 12.4. The van der Waals surface area contributed by atoms with Gasteiger partial charge in [0.15, 0.2) is 0 Å². The van der Waals surface area contributed by atoms with Gasteiger partial charge in [-0.2, -0.15) is 0 Å². The molecule has 1 aliphatic heterocycles. The highest BCUT2D eigenvalue weighted by molar-refractivity contribution is 5.28. The first-order valence-corrected chi connectivity index (χ1v) is 8.40. The molecule has 1 spiro atoms. The monoisotopic (exact) mass is 270 g/mol. The van der Waals surface area contributed by atoms with E-state index in [1.165, 1.54) is 58.2 Å². The molecule has 2 heteroatoms. The van der Waals surface area contributed by atoms with E-state index in [0.717, 1.165) is 12.0 Å². The molecule has 1 saturated heterocycles. The van der Waals surface area contributed by atoms with Gasteiger partial charge in [0, 0.05) is 37.1 Å². The maximum atomic E-state index is 3.86. The van der Waals surface area contributed by atoms with Gasteiger partial charge in [-0.15, -0.1) is 0 Å². The highest BCUT2D eigenvalue weighted by atomic mass is 15.3. The van der Waals surface area contributed by atoms with Crippen LogP contribution in [0.25, 0.3) is 0 Å². The van der Waals surface area contributed by atoms with Gasteiger partial charge in [0.25, 0.3) is 0 Å². The second kappa shape index (κ2) is 5.16. The van der Waals surface area contributed by atoms with E-state index in [2.05, 4.69) is 40.5 Å². The Bertz CT molecular complexity index is 444. The van der Waals surface area contributed by atoms with Crippen molar-refractivity contribution in [3.8, 4) is 0 Å². The molecule has 2 nitrogen and oxygen atoms in total. The minimum Gasteiger partial charge on any atom is -0.309 e. The van der Waals surface area contributed by atoms with Crippen LogP contribution < -0.4 is 5.32 Å². The van der Waals surface area contributed by atoms with Crippen LogP contribution in [0.4, 0.5) is 0 Å². The van der Waals surface area contributed by atoms with E-state index < -0.39 is 0 Å². The highest BCUT2D eigenvalue weighted by Crippen LogP contribution is 2.46. The average Bonchev–Trinajstić information content (AvgIpc) is 3.30. The number of hydrogen-bond donors (Lipinski definition) is 1. The molecule has 0 aromatic heterocycles. The molecular weight excluding hydrogens is 244 g/mol. The lowest BCUT2D eigenvalue weighted by molar-refractivity contribution is 0.0926. The van der Waals surface area contributed by atoms with Crippen molar-refractivity contribution in [2.75, 3.05) is 19.6 Å². The summed E-state index contributed by atoms with van der Waals surface area (Å²) in [7, 11) is 0. The minimum atomic E-state index is 0.459. The molecule has 4 rings (SSSR count). The number of rotatable bonds is 2. The van der Waals surface area contributed by atoms with Gasteiger partial charge in [-0.1, -0.05) is 49.6 Å². The van der Waals surface area contributed by atoms with Crippen LogP contribution in [0.1, 0.15) is 50.0 Å². The van der Waals surface area contributed by atoms with Crippen molar-refractivity contribution >= 4 is 0 Å². The van der Waals surface area contributed by atoms with Gasteiger partial charge in [-0.05, 0) is 24.8 Å². The molecule has 1 aromatic carbocycles. The summed E-state index contributed by atoms with van der Waals surface area (Å²) in [6.45, 7) is 3.73. The molecule has 3 aliphatic rings. The lowest BCUT2D eigenvalue weighted by Gasteiger charge is -2.46. The lowest BCUT2D eigenvalue weighted by Crippen LogP contribution is -2.61. The third-order valence-electron chi connectivity index (χ3n) is 5.67. The molecule has 1 N–H and O–H groups in total. The Morgan fingerprint density at radius 1 is 1.05 bits per heavy atom. The summed E-state index contributed by atoms with van der Waals surface area (Å²) in [5.41, 5.74) is 2.01. The van der Waals surface area contributed by atoms with Crippen LogP contribution in [0.2, 0.25) is 0 Å². The number of hydrogen-bond acceptors (Lipinski definition) is 2. The minimum absolute atomic E-state index is 0.459.